The molecule has 5 aromatic carbocycles. The summed E-state index contributed by atoms with van der Waals surface area (Å²) in [5, 5.41) is 0. The molecule has 2 fully saturated rings. The average molecular weight is 715 g/mol. The van der Waals surface area contributed by atoms with Gasteiger partial charge in [0.2, 0.25) is 11.8 Å². The van der Waals surface area contributed by atoms with Crippen LogP contribution in [0.4, 0.5) is 0 Å². The number of hydrogen-bond donors (Lipinski definition) is 0. The molecule has 5 heteroatoms. The second kappa shape index (κ2) is 18.8. The van der Waals surface area contributed by atoms with Crippen molar-refractivity contribution in [1.29, 1.82) is 0 Å². The lowest BCUT2D eigenvalue weighted by atomic mass is 9.92. The minimum Gasteiger partial charge on any atom is -0.316 e. The Hall–Kier alpha value is -5.81. The number of carbonyl (C=O) groups excluding carboxylic acids is 3. The van der Waals surface area contributed by atoms with Crippen LogP contribution in [-0.4, -0.2) is 39.5 Å². The summed E-state index contributed by atoms with van der Waals surface area (Å²) in [4.78, 5) is 41.8. The smallest absolute Gasteiger partial charge is 0.237 e. The lowest BCUT2D eigenvalue weighted by Gasteiger charge is -2.21. The van der Waals surface area contributed by atoms with Crippen LogP contribution in [0.1, 0.15) is 67.4 Å². The molecule has 0 bridgehead atoms. The molecule has 5 nitrogen and oxygen atoms in total. The van der Waals surface area contributed by atoms with Crippen molar-refractivity contribution < 1.29 is 14.4 Å². The summed E-state index contributed by atoms with van der Waals surface area (Å²) in [6, 6.07) is 47.3. The predicted molar refractivity (Wildman–Crippen MR) is 219 cm³/mol. The molecule has 0 radical (unpaired) electrons. The molecule has 274 valence electrons. The first-order valence-corrected chi connectivity index (χ1v) is 19.3. The maximum Gasteiger partial charge on any atom is 0.237 e. The van der Waals surface area contributed by atoms with Gasteiger partial charge in [-0.15, -0.1) is 0 Å². The summed E-state index contributed by atoms with van der Waals surface area (Å²) in [6.45, 7) is 4.13. The van der Waals surface area contributed by atoms with Crippen LogP contribution in [0.15, 0.2) is 164 Å². The highest BCUT2D eigenvalue weighted by atomic mass is 16.2. The number of hydrogen-bond acceptors (Lipinski definition) is 3. The fraction of sp³-hybridized carbons (Fsp3) is 0.245. The van der Waals surface area contributed by atoms with E-state index in [-0.39, 0.29) is 23.6 Å². The fourth-order valence-corrected chi connectivity index (χ4v) is 7.32. The van der Waals surface area contributed by atoms with Gasteiger partial charge in [0.25, 0.3) is 0 Å². The van der Waals surface area contributed by atoms with Crippen molar-refractivity contribution in [3.63, 3.8) is 0 Å². The Morgan fingerprint density at radius 1 is 0.574 bits per heavy atom. The molecular formula is C49H50N2O3. The Bertz CT molecular complexity index is 2020. The third-order valence-corrected chi connectivity index (χ3v) is 10.3. The molecule has 0 spiro atoms. The molecule has 2 saturated heterocycles. The molecule has 0 N–H and O–H groups in total. The van der Waals surface area contributed by atoms with Gasteiger partial charge in [-0.2, -0.15) is 0 Å². The highest BCUT2D eigenvalue weighted by Gasteiger charge is 2.42. The Labute approximate surface area is 320 Å². The molecule has 3 atom stereocenters. The molecule has 1 unspecified atom stereocenters. The highest BCUT2D eigenvalue weighted by molar-refractivity contribution is 6.11. The van der Waals surface area contributed by atoms with Crippen LogP contribution >= 0.6 is 0 Å². The lowest BCUT2D eigenvalue weighted by Crippen LogP contribution is -2.31. The average Bonchev–Trinajstić information content (AvgIpc) is 3.73. The van der Waals surface area contributed by atoms with E-state index in [9.17, 15) is 14.4 Å². The normalized spacial score (nSPS) is 18.4. The zero-order valence-corrected chi connectivity index (χ0v) is 31.4. The molecule has 0 aliphatic carbocycles. The van der Waals surface area contributed by atoms with Crippen LogP contribution in [0.5, 0.6) is 0 Å². The predicted octanol–water partition coefficient (Wildman–Crippen LogP) is 10.7. The highest BCUT2D eigenvalue weighted by Crippen LogP contribution is 2.31. The van der Waals surface area contributed by atoms with Crippen molar-refractivity contribution >= 4 is 17.6 Å². The summed E-state index contributed by atoms with van der Waals surface area (Å²) >= 11 is 0. The standard InChI is InChI=1S/C28H27NO2.C21H23NO/c1-2-3-18-29-25(20-26(28(29)31)27(30)24-12-8-5-9-13-24)19-21-14-16-23(17-15-21)22-10-6-4-7-11-22;1-2-3-15-22-20(13-14-21(22)23)16-17-9-11-19(12-10-17)18-7-5-4-6-8-18/h3-18,25-26H,2,19-20H2,1H3;3-12,15,20H,2,13-14,16H2,1H3/b18-3+;15-3+/t25-,26?;20-/m10/s1. The SMILES string of the molecule is CC/C=C/N1C(=O)C(C(=O)c2ccccc2)C[C@H]1Cc1ccc(-c2ccccc2)cc1.CC/C=C/N1C(=O)CC[C@H]1Cc1ccc(-c2ccccc2)cc1. The number of allylic oxidation sites excluding steroid dienone is 2. The van der Waals surface area contributed by atoms with Gasteiger partial charge in [-0.05, 0) is 71.9 Å². The molecule has 7 rings (SSSR count). The van der Waals surface area contributed by atoms with Gasteiger partial charge in [0, 0.05) is 36.5 Å². The Morgan fingerprint density at radius 3 is 1.52 bits per heavy atom. The van der Waals surface area contributed by atoms with Crippen LogP contribution in [0.25, 0.3) is 22.3 Å². The number of rotatable bonds is 12. The van der Waals surface area contributed by atoms with Gasteiger partial charge in [0.1, 0.15) is 5.92 Å². The number of nitrogens with zero attached hydrogens (tertiary/aromatic N) is 2. The number of likely N-dealkylation sites (tertiary alicyclic amines) is 2. The largest absolute Gasteiger partial charge is 0.316 e. The summed E-state index contributed by atoms with van der Waals surface area (Å²) in [5.74, 6) is -0.537. The van der Waals surface area contributed by atoms with Crippen molar-refractivity contribution in [2.24, 2.45) is 5.92 Å². The minimum atomic E-state index is -0.613. The number of ketones is 1. The van der Waals surface area contributed by atoms with Crippen LogP contribution in [0.3, 0.4) is 0 Å². The molecule has 0 saturated carbocycles. The van der Waals surface area contributed by atoms with E-state index in [1.54, 1.807) is 17.0 Å². The van der Waals surface area contributed by atoms with E-state index < -0.39 is 5.92 Å². The molecule has 5 aromatic rings. The quantitative estimate of drug-likeness (QED) is 0.0955. The van der Waals surface area contributed by atoms with E-state index in [1.807, 2.05) is 72.8 Å². The minimum absolute atomic E-state index is 0.0180. The summed E-state index contributed by atoms with van der Waals surface area (Å²) in [6.07, 6.45) is 13.5. The first-order chi connectivity index (χ1) is 26.4. The Balaban J connectivity index is 0.000000193. The lowest BCUT2D eigenvalue weighted by molar-refractivity contribution is -0.128. The van der Waals surface area contributed by atoms with Gasteiger partial charge in [0.15, 0.2) is 5.78 Å². The third-order valence-electron chi connectivity index (χ3n) is 10.3. The summed E-state index contributed by atoms with van der Waals surface area (Å²) < 4.78 is 0. The van der Waals surface area contributed by atoms with E-state index in [4.69, 9.17) is 0 Å². The van der Waals surface area contributed by atoms with Crippen molar-refractivity contribution in [3.05, 3.63) is 181 Å². The zero-order chi connectivity index (χ0) is 37.7. The van der Waals surface area contributed by atoms with E-state index in [0.717, 1.165) is 32.1 Å². The van der Waals surface area contributed by atoms with Crippen LogP contribution in [0, 0.1) is 5.92 Å². The first kappa shape index (κ1) is 37.9. The second-order valence-electron chi connectivity index (χ2n) is 14.0. The van der Waals surface area contributed by atoms with Gasteiger partial charge in [-0.1, -0.05) is 166 Å². The number of amides is 2. The van der Waals surface area contributed by atoms with Gasteiger partial charge >= 0.3 is 0 Å². The van der Waals surface area contributed by atoms with E-state index in [2.05, 4.69) is 97.9 Å². The van der Waals surface area contributed by atoms with Gasteiger partial charge in [-0.3, -0.25) is 14.4 Å². The molecule has 2 amide bonds. The number of benzene rings is 5. The van der Waals surface area contributed by atoms with Crippen molar-refractivity contribution in [2.75, 3.05) is 0 Å². The van der Waals surface area contributed by atoms with Crippen molar-refractivity contribution in [1.82, 2.24) is 9.80 Å². The van der Waals surface area contributed by atoms with Gasteiger partial charge in [0.05, 0.1) is 0 Å². The number of Topliss-reactive ketones (excluding diaryl/α,β-unsaturated/α-hetero) is 1. The first-order valence-electron chi connectivity index (χ1n) is 19.3. The molecule has 54 heavy (non-hydrogen) atoms. The maximum atomic E-state index is 13.1. The second-order valence-corrected chi connectivity index (χ2v) is 14.0. The van der Waals surface area contributed by atoms with E-state index >= 15 is 0 Å². The van der Waals surface area contributed by atoms with Crippen molar-refractivity contribution in [2.45, 2.75) is 70.9 Å². The van der Waals surface area contributed by atoms with Gasteiger partial charge in [-0.25, -0.2) is 0 Å². The molecule has 2 heterocycles. The van der Waals surface area contributed by atoms with Crippen LogP contribution < -0.4 is 0 Å². The van der Waals surface area contributed by atoms with Gasteiger partial charge < -0.3 is 9.80 Å². The molecule has 0 aromatic heterocycles. The van der Waals surface area contributed by atoms with E-state index in [0.29, 0.717) is 24.4 Å². The Kier molecular flexibility index (Phi) is 13.2. The number of carbonyl (C=O) groups is 3. The molecule has 2 aliphatic heterocycles. The topological polar surface area (TPSA) is 57.7 Å². The summed E-state index contributed by atoms with van der Waals surface area (Å²) in [7, 11) is 0. The molecular weight excluding hydrogens is 665 g/mol. The Morgan fingerprint density at radius 2 is 1.02 bits per heavy atom. The maximum absolute atomic E-state index is 13.1. The van der Waals surface area contributed by atoms with Crippen LogP contribution in [-0.2, 0) is 22.4 Å². The van der Waals surface area contributed by atoms with E-state index in [1.165, 1.54) is 33.4 Å². The van der Waals surface area contributed by atoms with Crippen LogP contribution in [0.2, 0.25) is 0 Å². The third kappa shape index (κ3) is 9.59. The zero-order valence-electron chi connectivity index (χ0n) is 31.4. The summed E-state index contributed by atoms with van der Waals surface area (Å²) in [5.41, 5.74) is 7.90. The fourth-order valence-electron chi connectivity index (χ4n) is 7.32. The molecule has 2 aliphatic rings. The monoisotopic (exact) mass is 714 g/mol. The van der Waals surface area contributed by atoms with Crippen molar-refractivity contribution in [3.8, 4) is 22.3 Å².